The number of aryl methyl sites for hydroxylation is 1. The van der Waals surface area contributed by atoms with Crippen LogP contribution in [0.25, 0.3) is 0 Å². The number of carbonyl (C=O) groups excluding carboxylic acids is 2. The number of nitrogens with one attached hydrogen (secondary N) is 2. The summed E-state index contributed by atoms with van der Waals surface area (Å²) in [6, 6.07) is 12.5. The van der Waals surface area contributed by atoms with Crippen LogP contribution in [0, 0.1) is 6.92 Å². The van der Waals surface area contributed by atoms with Crippen molar-refractivity contribution in [2.75, 3.05) is 48.3 Å². The Morgan fingerprint density at radius 1 is 0.935 bits per heavy atom. The maximum absolute atomic E-state index is 12.4. The van der Waals surface area contributed by atoms with Gasteiger partial charge in [0.25, 0.3) is 0 Å². The van der Waals surface area contributed by atoms with E-state index in [0.717, 1.165) is 16.9 Å². The minimum atomic E-state index is -1.04. The van der Waals surface area contributed by atoms with E-state index in [-0.39, 0.29) is 17.4 Å². The highest BCUT2D eigenvalue weighted by atomic mass is 16.4. The minimum Gasteiger partial charge on any atom is -0.478 e. The molecule has 2 aromatic carbocycles. The molecule has 0 radical (unpaired) electrons. The summed E-state index contributed by atoms with van der Waals surface area (Å²) in [4.78, 5) is 39.8. The Morgan fingerprint density at radius 2 is 1.61 bits per heavy atom. The van der Waals surface area contributed by atoms with Crippen molar-refractivity contribution >= 4 is 34.8 Å². The Hall–Kier alpha value is -3.39. The van der Waals surface area contributed by atoms with Gasteiger partial charge in [-0.15, -0.1) is 0 Å². The molecule has 0 unspecified atom stereocenters. The largest absolute Gasteiger partial charge is 0.478 e. The number of benzene rings is 2. The molecule has 1 fully saturated rings. The molecule has 8 heteroatoms. The van der Waals surface area contributed by atoms with Crippen LogP contribution in [-0.2, 0) is 9.59 Å². The van der Waals surface area contributed by atoms with Gasteiger partial charge < -0.3 is 20.6 Å². The number of carbonyl (C=O) groups is 3. The van der Waals surface area contributed by atoms with Gasteiger partial charge in [-0.2, -0.15) is 0 Å². The summed E-state index contributed by atoms with van der Waals surface area (Å²) in [5, 5.41) is 15.0. The van der Waals surface area contributed by atoms with E-state index in [1.54, 1.807) is 19.1 Å². The molecule has 2 aromatic rings. The van der Waals surface area contributed by atoms with Gasteiger partial charge in [0, 0.05) is 38.3 Å². The zero-order chi connectivity index (χ0) is 22.4. The van der Waals surface area contributed by atoms with E-state index < -0.39 is 5.97 Å². The molecule has 8 nitrogen and oxygen atoms in total. The summed E-state index contributed by atoms with van der Waals surface area (Å²) >= 11 is 0. The van der Waals surface area contributed by atoms with Crippen LogP contribution in [0.2, 0.25) is 0 Å². The number of hydrogen-bond acceptors (Lipinski definition) is 5. The normalized spacial score (nSPS) is 14.2. The smallest absolute Gasteiger partial charge is 0.335 e. The van der Waals surface area contributed by atoms with E-state index in [9.17, 15) is 19.5 Å². The lowest BCUT2D eigenvalue weighted by atomic mass is 10.1. The van der Waals surface area contributed by atoms with Crippen molar-refractivity contribution in [2.45, 2.75) is 20.3 Å². The van der Waals surface area contributed by atoms with Crippen LogP contribution < -0.4 is 15.5 Å². The number of carboxylic acids is 1. The maximum Gasteiger partial charge on any atom is 0.335 e. The number of aromatic carboxylic acids is 1. The van der Waals surface area contributed by atoms with Crippen LogP contribution in [-0.4, -0.2) is 60.5 Å². The molecule has 3 N–H and O–H groups in total. The van der Waals surface area contributed by atoms with E-state index in [1.807, 2.05) is 31.2 Å². The zero-order valence-corrected chi connectivity index (χ0v) is 17.9. The SMILES string of the molecule is CCC(=O)Nc1cc(C(=O)O)ccc1N1CCN(CC(=O)Nc2ccc(C)cc2)CC1. The Kier molecular flexibility index (Phi) is 7.25. The Labute approximate surface area is 181 Å². The van der Waals surface area contributed by atoms with Crippen LogP contribution in [0.15, 0.2) is 42.5 Å². The van der Waals surface area contributed by atoms with E-state index in [2.05, 4.69) is 20.4 Å². The highest BCUT2D eigenvalue weighted by Crippen LogP contribution is 2.28. The van der Waals surface area contributed by atoms with Crippen molar-refractivity contribution in [1.29, 1.82) is 0 Å². The molecule has 0 saturated carbocycles. The quantitative estimate of drug-likeness (QED) is 0.632. The first-order chi connectivity index (χ1) is 14.9. The molecular formula is C23H28N4O4. The van der Waals surface area contributed by atoms with Crippen LogP contribution in [0.3, 0.4) is 0 Å². The Balaban J connectivity index is 1.60. The summed E-state index contributed by atoms with van der Waals surface area (Å²) in [5.41, 5.74) is 3.33. The van der Waals surface area contributed by atoms with Gasteiger partial charge in [0.2, 0.25) is 11.8 Å². The summed E-state index contributed by atoms with van der Waals surface area (Å²) in [5.74, 6) is -1.27. The molecule has 0 bridgehead atoms. The molecule has 2 amide bonds. The topological polar surface area (TPSA) is 102 Å². The van der Waals surface area contributed by atoms with Gasteiger partial charge >= 0.3 is 5.97 Å². The second-order valence-electron chi connectivity index (χ2n) is 7.62. The molecule has 1 aliphatic heterocycles. The first kappa shape index (κ1) is 22.3. The van der Waals surface area contributed by atoms with Crippen LogP contribution in [0.5, 0.6) is 0 Å². The lowest BCUT2D eigenvalue weighted by Gasteiger charge is -2.36. The van der Waals surface area contributed by atoms with Crippen molar-refractivity contribution in [2.24, 2.45) is 0 Å². The fourth-order valence-electron chi connectivity index (χ4n) is 3.47. The summed E-state index contributed by atoms with van der Waals surface area (Å²) < 4.78 is 0. The maximum atomic E-state index is 12.4. The monoisotopic (exact) mass is 424 g/mol. The molecule has 1 saturated heterocycles. The van der Waals surface area contributed by atoms with Gasteiger partial charge in [0.1, 0.15) is 0 Å². The number of carboxylic acid groups (broad SMARTS) is 1. The van der Waals surface area contributed by atoms with Crippen molar-refractivity contribution in [3.05, 3.63) is 53.6 Å². The number of anilines is 3. The van der Waals surface area contributed by atoms with Crippen molar-refractivity contribution in [3.63, 3.8) is 0 Å². The molecule has 0 spiro atoms. The second kappa shape index (κ2) is 10.1. The molecular weight excluding hydrogens is 396 g/mol. The van der Waals surface area contributed by atoms with Crippen LogP contribution in [0.1, 0.15) is 29.3 Å². The van der Waals surface area contributed by atoms with Gasteiger partial charge in [-0.1, -0.05) is 24.6 Å². The summed E-state index contributed by atoms with van der Waals surface area (Å²) in [6.45, 7) is 6.75. The fourth-order valence-corrected chi connectivity index (χ4v) is 3.47. The fraction of sp³-hybridized carbons (Fsp3) is 0.348. The average Bonchev–Trinajstić information content (AvgIpc) is 2.76. The summed E-state index contributed by atoms with van der Waals surface area (Å²) in [7, 11) is 0. The molecule has 0 atom stereocenters. The molecule has 164 valence electrons. The standard InChI is InChI=1S/C23H28N4O4/c1-3-21(28)25-19-14-17(23(30)31)6-9-20(19)27-12-10-26(11-13-27)15-22(29)24-18-7-4-16(2)5-8-18/h4-9,14H,3,10-13,15H2,1-2H3,(H,24,29)(H,25,28)(H,30,31). The van der Waals surface area contributed by atoms with Gasteiger partial charge in [0.15, 0.2) is 0 Å². The molecule has 31 heavy (non-hydrogen) atoms. The Morgan fingerprint density at radius 3 is 2.23 bits per heavy atom. The second-order valence-corrected chi connectivity index (χ2v) is 7.62. The van der Waals surface area contributed by atoms with Gasteiger partial charge in [-0.05, 0) is 37.3 Å². The lowest BCUT2D eigenvalue weighted by Crippen LogP contribution is -2.48. The van der Waals surface area contributed by atoms with Gasteiger partial charge in [0.05, 0.1) is 23.5 Å². The average molecular weight is 425 g/mol. The first-order valence-electron chi connectivity index (χ1n) is 10.4. The third-order valence-electron chi connectivity index (χ3n) is 5.25. The third-order valence-corrected chi connectivity index (χ3v) is 5.25. The molecule has 0 aromatic heterocycles. The van der Waals surface area contributed by atoms with Crippen molar-refractivity contribution in [1.82, 2.24) is 4.90 Å². The lowest BCUT2D eigenvalue weighted by molar-refractivity contribution is -0.117. The van der Waals surface area contributed by atoms with E-state index in [1.165, 1.54) is 6.07 Å². The number of rotatable bonds is 7. The highest BCUT2D eigenvalue weighted by molar-refractivity contribution is 5.97. The van der Waals surface area contributed by atoms with Crippen molar-refractivity contribution < 1.29 is 19.5 Å². The van der Waals surface area contributed by atoms with E-state index in [0.29, 0.717) is 44.8 Å². The van der Waals surface area contributed by atoms with Crippen molar-refractivity contribution in [3.8, 4) is 0 Å². The summed E-state index contributed by atoms with van der Waals surface area (Å²) in [6.07, 6.45) is 0.306. The number of hydrogen-bond donors (Lipinski definition) is 3. The van der Waals surface area contributed by atoms with E-state index in [4.69, 9.17) is 0 Å². The van der Waals surface area contributed by atoms with E-state index >= 15 is 0 Å². The minimum absolute atomic E-state index is 0.0565. The first-order valence-corrected chi connectivity index (χ1v) is 10.4. The predicted molar refractivity (Wildman–Crippen MR) is 121 cm³/mol. The number of nitrogens with zero attached hydrogens (tertiary/aromatic N) is 2. The molecule has 3 rings (SSSR count). The number of amides is 2. The predicted octanol–water partition coefficient (Wildman–Crippen LogP) is 2.80. The highest BCUT2D eigenvalue weighted by Gasteiger charge is 2.22. The number of piperazine rings is 1. The zero-order valence-electron chi connectivity index (χ0n) is 17.9. The molecule has 0 aliphatic carbocycles. The molecule has 1 aliphatic rings. The van der Waals surface area contributed by atoms with Crippen LogP contribution >= 0.6 is 0 Å². The third kappa shape index (κ3) is 6.05. The Bertz CT molecular complexity index is 951. The van der Waals surface area contributed by atoms with Crippen LogP contribution in [0.4, 0.5) is 17.1 Å². The van der Waals surface area contributed by atoms with Gasteiger partial charge in [-0.3, -0.25) is 14.5 Å². The van der Waals surface area contributed by atoms with Gasteiger partial charge in [-0.25, -0.2) is 4.79 Å². The molecule has 1 heterocycles.